The summed E-state index contributed by atoms with van der Waals surface area (Å²) in [6, 6.07) is 24.6. The second-order valence-electron chi connectivity index (χ2n) is 11.0. The summed E-state index contributed by atoms with van der Waals surface area (Å²) in [7, 11) is 2.19. The first-order valence-electron chi connectivity index (χ1n) is 14.6. The van der Waals surface area contributed by atoms with Crippen LogP contribution in [0.15, 0.2) is 72.8 Å². The van der Waals surface area contributed by atoms with Gasteiger partial charge in [-0.1, -0.05) is 18.2 Å². The van der Waals surface area contributed by atoms with E-state index in [-0.39, 0.29) is 5.78 Å². The molecule has 2 aliphatic heterocycles. The van der Waals surface area contributed by atoms with Crippen LogP contribution < -0.4 is 9.47 Å². The van der Waals surface area contributed by atoms with E-state index in [0.29, 0.717) is 24.8 Å². The van der Waals surface area contributed by atoms with Crippen molar-refractivity contribution < 1.29 is 14.3 Å². The molecule has 0 radical (unpaired) electrons. The van der Waals surface area contributed by atoms with Crippen molar-refractivity contribution in [1.82, 2.24) is 9.80 Å². The Hall–Kier alpha value is -3.19. The van der Waals surface area contributed by atoms with Crippen LogP contribution in [0.4, 0.5) is 0 Å². The van der Waals surface area contributed by atoms with E-state index in [1.807, 2.05) is 48.5 Å². The molecule has 0 amide bonds. The highest BCUT2D eigenvalue weighted by Gasteiger charge is 2.22. The van der Waals surface area contributed by atoms with Gasteiger partial charge >= 0.3 is 0 Å². The average molecular weight is 555 g/mol. The smallest absolute Gasteiger partial charge is 0.195 e. The molecule has 2 fully saturated rings. The molecule has 5 nitrogen and oxygen atoms in total. The van der Waals surface area contributed by atoms with E-state index in [2.05, 4.69) is 41.1 Å². The van der Waals surface area contributed by atoms with Crippen LogP contribution in [0, 0.1) is 0 Å². The first kappa shape index (κ1) is 27.0. The van der Waals surface area contributed by atoms with Crippen molar-refractivity contribution in [1.29, 1.82) is 0 Å². The molecule has 6 rings (SSSR count). The lowest BCUT2D eigenvalue weighted by molar-refractivity contribution is 0.104. The summed E-state index contributed by atoms with van der Waals surface area (Å²) in [6.07, 6.45) is 6.14. The van der Waals surface area contributed by atoms with E-state index in [0.717, 1.165) is 50.6 Å². The summed E-state index contributed by atoms with van der Waals surface area (Å²) in [4.78, 5) is 19.8. The highest BCUT2D eigenvalue weighted by Crippen LogP contribution is 2.40. The first-order valence-corrected chi connectivity index (χ1v) is 15.4. The third-order valence-electron chi connectivity index (χ3n) is 8.32. The molecule has 3 aromatic carbocycles. The van der Waals surface area contributed by atoms with E-state index in [1.165, 1.54) is 45.3 Å². The summed E-state index contributed by atoms with van der Waals surface area (Å²) in [6.45, 7) is 5.90. The number of carbonyl (C=O) groups excluding carboxylic acids is 1. The standard InChI is InChI=1S/C34H38N2O3S/c1-35-19-6-7-27(35)18-23-38-28-14-10-25(11-15-28)33(37)32-30-8-2-3-9-31(30)40-34(32)26-12-16-29(17-13-26)39-24-22-36-20-4-5-21-36/h2-3,8-17,27H,4-7,18-24H2,1H3. The molecular weight excluding hydrogens is 516 g/mol. The van der Waals surface area contributed by atoms with E-state index in [9.17, 15) is 4.79 Å². The number of hydrogen-bond donors (Lipinski definition) is 0. The highest BCUT2D eigenvalue weighted by atomic mass is 32.1. The lowest BCUT2D eigenvalue weighted by Gasteiger charge is -2.19. The summed E-state index contributed by atoms with van der Waals surface area (Å²) < 4.78 is 13.2. The van der Waals surface area contributed by atoms with Crippen molar-refractivity contribution in [3.8, 4) is 21.9 Å². The van der Waals surface area contributed by atoms with Crippen LogP contribution in [-0.4, -0.2) is 68.1 Å². The van der Waals surface area contributed by atoms with Crippen LogP contribution in [-0.2, 0) is 0 Å². The number of rotatable bonds is 11. The van der Waals surface area contributed by atoms with Gasteiger partial charge in [0.25, 0.3) is 0 Å². The van der Waals surface area contributed by atoms with Crippen LogP contribution >= 0.6 is 11.3 Å². The lowest BCUT2D eigenvalue weighted by atomic mass is 9.97. The molecule has 208 valence electrons. The van der Waals surface area contributed by atoms with Gasteiger partial charge in [0.05, 0.1) is 6.61 Å². The number of ketones is 1. The SMILES string of the molecule is CN1CCCC1CCOc1ccc(C(=O)c2c(-c3ccc(OCCN4CCCC4)cc3)sc3ccccc23)cc1. The zero-order valence-electron chi connectivity index (χ0n) is 23.3. The van der Waals surface area contributed by atoms with Gasteiger partial charge < -0.3 is 14.4 Å². The molecule has 0 saturated carbocycles. The van der Waals surface area contributed by atoms with Crippen LogP contribution in [0.1, 0.15) is 48.0 Å². The van der Waals surface area contributed by atoms with Crippen LogP contribution in [0.25, 0.3) is 20.5 Å². The quantitative estimate of drug-likeness (QED) is 0.184. The number of thiophene rings is 1. The largest absolute Gasteiger partial charge is 0.494 e. The molecule has 0 bridgehead atoms. The van der Waals surface area contributed by atoms with Crippen molar-refractivity contribution >= 4 is 27.2 Å². The predicted molar refractivity (Wildman–Crippen MR) is 164 cm³/mol. The van der Waals surface area contributed by atoms with Gasteiger partial charge in [0.15, 0.2) is 5.78 Å². The summed E-state index contributed by atoms with van der Waals surface area (Å²) in [5.41, 5.74) is 2.48. The zero-order chi connectivity index (χ0) is 27.3. The van der Waals surface area contributed by atoms with Gasteiger partial charge in [-0.15, -0.1) is 11.3 Å². The van der Waals surface area contributed by atoms with Crippen LogP contribution in [0.2, 0.25) is 0 Å². The normalized spacial score (nSPS) is 18.0. The van der Waals surface area contributed by atoms with Crippen molar-refractivity contribution in [2.75, 3.05) is 46.4 Å². The third kappa shape index (κ3) is 6.09. The Balaban J connectivity index is 1.16. The fraction of sp³-hybridized carbons (Fsp3) is 0.382. The molecule has 0 spiro atoms. The fourth-order valence-electron chi connectivity index (χ4n) is 5.98. The molecule has 40 heavy (non-hydrogen) atoms. The Bertz CT molecular complexity index is 1420. The number of carbonyl (C=O) groups is 1. The van der Waals surface area contributed by atoms with Gasteiger partial charge in [-0.3, -0.25) is 9.69 Å². The molecule has 1 aromatic heterocycles. The third-order valence-corrected chi connectivity index (χ3v) is 9.54. The van der Waals surface area contributed by atoms with Gasteiger partial charge in [0.1, 0.15) is 18.1 Å². The second kappa shape index (κ2) is 12.5. The molecule has 6 heteroatoms. The summed E-state index contributed by atoms with van der Waals surface area (Å²) in [5.74, 6) is 1.72. The monoisotopic (exact) mass is 554 g/mol. The zero-order valence-corrected chi connectivity index (χ0v) is 24.1. The molecule has 0 aliphatic carbocycles. The van der Waals surface area contributed by atoms with Gasteiger partial charge in [-0.05, 0) is 119 Å². The maximum absolute atomic E-state index is 13.9. The minimum absolute atomic E-state index is 0.0394. The van der Waals surface area contributed by atoms with Crippen LogP contribution in [0.3, 0.4) is 0 Å². The van der Waals surface area contributed by atoms with Gasteiger partial charge in [0.2, 0.25) is 0 Å². The van der Waals surface area contributed by atoms with Gasteiger partial charge in [0, 0.05) is 38.7 Å². The molecule has 2 aliphatic rings. The Labute approximate surface area is 241 Å². The Morgan fingerprint density at radius 2 is 1.55 bits per heavy atom. The Morgan fingerprint density at radius 1 is 0.850 bits per heavy atom. The Kier molecular flexibility index (Phi) is 8.47. The fourth-order valence-corrected chi connectivity index (χ4v) is 7.18. The van der Waals surface area contributed by atoms with Crippen LogP contribution in [0.5, 0.6) is 11.5 Å². The maximum Gasteiger partial charge on any atom is 0.195 e. The van der Waals surface area contributed by atoms with Crippen molar-refractivity contribution in [3.05, 3.63) is 83.9 Å². The number of hydrogen-bond acceptors (Lipinski definition) is 6. The van der Waals surface area contributed by atoms with Gasteiger partial charge in [-0.2, -0.15) is 0 Å². The maximum atomic E-state index is 13.9. The first-order chi connectivity index (χ1) is 19.7. The molecule has 4 aromatic rings. The number of nitrogens with zero attached hydrogens (tertiary/aromatic N) is 2. The Morgan fingerprint density at radius 3 is 2.27 bits per heavy atom. The number of benzene rings is 3. The molecular formula is C34H38N2O3S. The highest BCUT2D eigenvalue weighted by molar-refractivity contribution is 7.22. The minimum atomic E-state index is 0.0394. The summed E-state index contributed by atoms with van der Waals surface area (Å²) >= 11 is 1.67. The molecule has 2 saturated heterocycles. The molecule has 1 atom stereocenters. The average Bonchev–Trinajstić information content (AvgIpc) is 3.74. The predicted octanol–water partition coefficient (Wildman–Crippen LogP) is 7.14. The van der Waals surface area contributed by atoms with E-state index >= 15 is 0 Å². The minimum Gasteiger partial charge on any atom is -0.494 e. The van der Waals surface area contributed by atoms with Gasteiger partial charge in [-0.25, -0.2) is 0 Å². The number of likely N-dealkylation sites (tertiary alicyclic amines) is 2. The molecule has 3 heterocycles. The van der Waals surface area contributed by atoms with E-state index in [4.69, 9.17) is 9.47 Å². The number of fused-ring (bicyclic) bond motifs is 1. The summed E-state index contributed by atoms with van der Waals surface area (Å²) in [5, 5.41) is 0.999. The van der Waals surface area contributed by atoms with Crippen molar-refractivity contribution in [3.63, 3.8) is 0 Å². The lowest BCUT2D eigenvalue weighted by Crippen LogP contribution is -2.26. The van der Waals surface area contributed by atoms with Crippen molar-refractivity contribution in [2.45, 2.75) is 38.1 Å². The van der Waals surface area contributed by atoms with E-state index < -0.39 is 0 Å². The topological polar surface area (TPSA) is 42.0 Å². The molecule has 1 unspecified atom stereocenters. The van der Waals surface area contributed by atoms with E-state index in [1.54, 1.807) is 11.3 Å². The number of ether oxygens (including phenoxy) is 2. The molecule has 0 N–H and O–H groups in total. The van der Waals surface area contributed by atoms with Crippen molar-refractivity contribution in [2.24, 2.45) is 0 Å². The second-order valence-corrected chi connectivity index (χ2v) is 12.0.